The molecule has 0 aromatic carbocycles. The van der Waals surface area contributed by atoms with Gasteiger partial charge in [0.2, 0.25) is 5.89 Å². The van der Waals surface area contributed by atoms with Crippen molar-refractivity contribution in [3.63, 3.8) is 0 Å². The predicted molar refractivity (Wildman–Crippen MR) is 48.0 cm³/mol. The minimum absolute atomic E-state index is 0.101. The summed E-state index contributed by atoms with van der Waals surface area (Å²) in [6.07, 6.45) is 2.36. The van der Waals surface area contributed by atoms with Crippen molar-refractivity contribution in [2.24, 2.45) is 11.7 Å². The first-order valence-corrected chi connectivity index (χ1v) is 4.77. The SMILES string of the molecule is CC(C)[C@@H](N)c1noc(C2CC2)n1. The van der Waals surface area contributed by atoms with E-state index < -0.39 is 0 Å². The van der Waals surface area contributed by atoms with Gasteiger partial charge in [0, 0.05) is 5.92 Å². The van der Waals surface area contributed by atoms with Crippen LogP contribution in [0.25, 0.3) is 0 Å². The second kappa shape index (κ2) is 3.10. The van der Waals surface area contributed by atoms with Gasteiger partial charge >= 0.3 is 0 Å². The maximum Gasteiger partial charge on any atom is 0.229 e. The molecule has 0 amide bonds. The molecule has 13 heavy (non-hydrogen) atoms. The van der Waals surface area contributed by atoms with E-state index in [9.17, 15) is 0 Å². The van der Waals surface area contributed by atoms with Crippen molar-refractivity contribution in [2.75, 3.05) is 0 Å². The van der Waals surface area contributed by atoms with Crippen LogP contribution < -0.4 is 5.73 Å². The molecule has 2 N–H and O–H groups in total. The second-order valence-corrected chi connectivity index (χ2v) is 4.03. The van der Waals surface area contributed by atoms with Gasteiger partial charge in [-0.25, -0.2) is 0 Å². The summed E-state index contributed by atoms with van der Waals surface area (Å²) in [5, 5.41) is 3.89. The van der Waals surface area contributed by atoms with Gasteiger partial charge in [-0.1, -0.05) is 19.0 Å². The van der Waals surface area contributed by atoms with Crippen molar-refractivity contribution in [2.45, 2.75) is 38.6 Å². The van der Waals surface area contributed by atoms with Crippen LogP contribution in [-0.2, 0) is 0 Å². The van der Waals surface area contributed by atoms with E-state index in [1.807, 2.05) is 0 Å². The molecule has 0 aliphatic heterocycles. The lowest BCUT2D eigenvalue weighted by molar-refractivity contribution is 0.363. The smallest absolute Gasteiger partial charge is 0.229 e. The van der Waals surface area contributed by atoms with E-state index in [0.717, 1.165) is 5.89 Å². The van der Waals surface area contributed by atoms with E-state index >= 15 is 0 Å². The van der Waals surface area contributed by atoms with Gasteiger partial charge in [-0.3, -0.25) is 0 Å². The fourth-order valence-corrected chi connectivity index (χ4v) is 1.18. The summed E-state index contributed by atoms with van der Waals surface area (Å²) in [4.78, 5) is 4.29. The number of hydrogen-bond donors (Lipinski definition) is 1. The molecular formula is C9H15N3O. The molecule has 0 radical (unpaired) electrons. The molecule has 1 atom stereocenters. The van der Waals surface area contributed by atoms with E-state index in [0.29, 0.717) is 17.7 Å². The lowest BCUT2D eigenvalue weighted by Gasteiger charge is -2.09. The third-order valence-electron chi connectivity index (χ3n) is 2.40. The average Bonchev–Trinajstić information content (AvgIpc) is 2.83. The summed E-state index contributed by atoms with van der Waals surface area (Å²) in [5.41, 5.74) is 5.89. The van der Waals surface area contributed by atoms with Crippen molar-refractivity contribution in [3.05, 3.63) is 11.7 Å². The van der Waals surface area contributed by atoms with Crippen molar-refractivity contribution < 1.29 is 4.52 Å². The molecule has 0 spiro atoms. The molecule has 1 saturated carbocycles. The zero-order valence-electron chi connectivity index (χ0n) is 8.03. The van der Waals surface area contributed by atoms with Gasteiger partial charge in [0.1, 0.15) is 0 Å². The normalized spacial score (nSPS) is 19.4. The first-order valence-electron chi connectivity index (χ1n) is 4.77. The highest BCUT2D eigenvalue weighted by atomic mass is 16.5. The Bertz CT molecular complexity index is 291. The fraction of sp³-hybridized carbons (Fsp3) is 0.778. The number of hydrogen-bond acceptors (Lipinski definition) is 4. The largest absolute Gasteiger partial charge is 0.339 e. The summed E-state index contributed by atoms with van der Waals surface area (Å²) < 4.78 is 5.12. The standard InChI is InChI=1S/C9H15N3O/c1-5(2)7(10)8-11-9(13-12-8)6-3-4-6/h5-7H,3-4,10H2,1-2H3/t7-/m1/s1. The highest BCUT2D eigenvalue weighted by Crippen LogP contribution is 2.39. The highest BCUT2D eigenvalue weighted by molar-refractivity contribution is 5.03. The molecule has 1 aliphatic carbocycles. The number of nitrogens with two attached hydrogens (primary N) is 1. The topological polar surface area (TPSA) is 64.9 Å². The number of rotatable bonds is 3. The van der Waals surface area contributed by atoms with Gasteiger partial charge in [0.25, 0.3) is 0 Å². The Balaban J connectivity index is 2.11. The van der Waals surface area contributed by atoms with Crippen LogP contribution in [0.15, 0.2) is 4.52 Å². The van der Waals surface area contributed by atoms with Gasteiger partial charge in [-0.05, 0) is 18.8 Å². The molecule has 2 rings (SSSR count). The first kappa shape index (κ1) is 8.69. The number of nitrogens with zero attached hydrogens (tertiary/aromatic N) is 2. The van der Waals surface area contributed by atoms with E-state index in [1.165, 1.54) is 12.8 Å². The van der Waals surface area contributed by atoms with E-state index in [4.69, 9.17) is 10.3 Å². The van der Waals surface area contributed by atoms with E-state index in [-0.39, 0.29) is 6.04 Å². The van der Waals surface area contributed by atoms with Crippen LogP contribution in [0.2, 0.25) is 0 Å². The van der Waals surface area contributed by atoms with Gasteiger partial charge in [0.15, 0.2) is 5.82 Å². The van der Waals surface area contributed by atoms with Gasteiger partial charge < -0.3 is 10.3 Å². The summed E-state index contributed by atoms with van der Waals surface area (Å²) in [5.74, 6) is 2.29. The first-order chi connectivity index (χ1) is 6.18. The van der Waals surface area contributed by atoms with Crippen molar-refractivity contribution >= 4 is 0 Å². The fourth-order valence-electron chi connectivity index (χ4n) is 1.18. The van der Waals surface area contributed by atoms with Gasteiger partial charge in [0.05, 0.1) is 6.04 Å². The van der Waals surface area contributed by atoms with Crippen LogP contribution in [0.3, 0.4) is 0 Å². The monoisotopic (exact) mass is 181 g/mol. The quantitative estimate of drug-likeness (QED) is 0.769. The maximum absolute atomic E-state index is 5.89. The summed E-state index contributed by atoms with van der Waals surface area (Å²) in [7, 11) is 0. The second-order valence-electron chi connectivity index (χ2n) is 4.03. The minimum Gasteiger partial charge on any atom is -0.339 e. The molecule has 4 nitrogen and oxygen atoms in total. The van der Waals surface area contributed by atoms with Crippen LogP contribution >= 0.6 is 0 Å². The van der Waals surface area contributed by atoms with Crippen LogP contribution in [0.5, 0.6) is 0 Å². The lowest BCUT2D eigenvalue weighted by atomic mass is 10.1. The Hall–Kier alpha value is -0.900. The van der Waals surface area contributed by atoms with Crippen LogP contribution in [0, 0.1) is 5.92 Å². The lowest BCUT2D eigenvalue weighted by Crippen LogP contribution is -2.18. The predicted octanol–water partition coefficient (Wildman–Crippen LogP) is 1.60. The summed E-state index contributed by atoms with van der Waals surface area (Å²) in [6.45, 7) is 4.11. The highest BCUT2D eigenvalue weighted by Gasteiger charge is 2.30. The van der Waals surface area contributed by atoms with Gasteiger partial charge in [-0.15, -0.1) is 0 Å². The maximum atomic E-state index is 5.89. The molecule has 1 fully saturated rings. The van der Waals surface area contributed by atoms with E-state index in [1.54, 1.807) is 0 Å². The zero-order valence-corrected chi connectivity index (χ0v) is 8.03. The van der Waals surface area contributed by atoms with E-state index in [2.05, 4.69) is 24.0 Å². The van der Waals surface area contributed by atoms with Crippen LogP contribution in [0.1, 0.15) is 50.4 Å². The van der Waals surface area contributed by atoms with Crippen molar-refractivity contribution in [1.82, 2.24) is 10.1 Å². The third kappa shape index (κ3) is 1.72. The molecular weight excluding hydrogens is 166 g/mol. The number of aromatic nitrogens is 2. The molecule has 1 aromatic heterocycles. The minimum atomic E-state index is -0.101. The molecule has 0 bridgehead atoms. The Labute approximate surface area is 77.5 Å². The molecule has 1 heterocycles. The Kier molecular flexibility index (Phi) is 2.07. The Morgan fingerprint density at radius 3 is 2.69 bits per heavy atom. The molecule has 72 valence electrons. The molecule has 0 saturated heterocycles. The average molecular weight is 181 g/mol. The van der Waals surface area contributed by atoms with Crippen LogP contribution in [-0.4, -0.2) is 10.1 Å². The zero-order chi connectivity index (χ0) is 9.42. The Morgan fingerprint density at radius 2 is 2.15 bits per heavy atom. The van der Waals surface area contributed by atoms with Crippen molar-refractivity contribution in [3.8, 4) is 0 Å². The Morgan fingerprint density at radius 1 is 1.46 bits per heavy atom. The van der Waals surface area contributed by atoms with Gasteiger partial charge in [-0.2, -0.15) is 4.98 Å². The van der Waals surface area contributed by atoms with Crippen LogP contribution in [0.4, 0.5) is 0 Å². The molecule has 1 aromatic rings. The summed E-state index contributed by atoms with van der Waals surface area (Å²) in [6, 6.07) is -0.101. The summed E-state index contributed by atoms with van der Waals surface area (Å²) >= 11 is 0. The third-order valence-corrected chi connectivity index (χ3v) is 2.40. The molecule has 1 aliphatic rings. The molecule has 0 unspecified atom stereocenters. The molecule has 4 heteroatoms. The van der Waals surface area contributed by atoms with Crippen molar-refractivity contribution in [1.29, 1.82) is 0 Å².